The number of rotatable bonds is 2. The van der Waals surface area contributed by atoms with E-state index in [1.807, 2.05) is 0 Å². The summed E-state index contributed by atoms with van der Waals surface area (Å²) in [5, 5.41) is 10.6. The van der Waals surface area contributed by atoms with Crippen molar-refractivity contribution in [2.45, 2.75) is 5.88 Å². The molecule has 0 fully saturated rings. The van der Waals surface area contributed by atoms with Crippen molar-refractivity contribution in [2.75, 3.05) is 0 Å². The van der Waals surface area contributed by atoms with Crippen molar-refractivity contribution in [3.8, 4) is 0 Å². The lowest BCUT2D eigenvalue weighted by molar-refractivity contribution is -0.384. The number of non-ortho nitro benzene ring substituents is 1. The molecule has 0 saturated heterocycles. The van der Waals surface area contributed by atoms with E-state index in [9.17, 15) is 14.9 Å². The minimum atomic E-state index is -0.677. The lowest BCUT2D eigenvalue weighted by atomic mass is 10.2. The summed E-state index contributed by atoms with van der Waals surface area (Å²) in [6, 6.07) is 3.79. The highest BCUT2D eigenvalue weighted by atomic mass is 35.5. The van der Waals surface area contributed by atoms with Crippen LogP contribution in [-0.4, -0.2) is 9.91 Å². The highest BCUT2D eigenvalue weighted by Crippen LogP contribution is 2.17. The Morgan fingerprint density at radius 3 is 2.88 bits per heavy atom. The summed E-state index contributed by atoms with van der Waals surface area (Å²) < 4.78 is 4.75. The maximum Gasteiger partial charge on any atom is 0.347 e. The van der Waals surface area contributed by atoms with Gasteiger partial charge in [-0.1, -0.05) is 0 Å². The summed E-state index contributed by atoms with van der Waals surface area (Å²) >= 11 is 5.48. The molecule has 2 aromatic rings. The van der Waals surface area contributed by atoms with Gasteiger partial charge in [0, 0.05) is 12.1 Å². The Labute approximate surface area is 93.6 Å². The first-order valence-electron chi connectivity index (χ1n) is 4.26. The smallest absolute Gasteiger partial charge is 0.347 e. The molecule has 0 saturated carbocycles. The molecule has 0 aliphatic carbocycles. The maximum atomic E-state index is 11.4. The number of nitrogens with zero attached hydrogens (tertiary/aromatic N) is 2. The average Bonchev–Trinajstić information content (AvgIpc) is 2.28. The topological polar surface area (TPSA) is 86.2 Å². The van der Waals surface area contributed by atoms with E-state index < -0.39 is 10.5 Å². The summed E-state index contributed by atoms with van der Waals surface area (Å²) in [5.41, 5.74) is -0.526. The van der Waals surface area contributed by atoms with Crippen molar-refractivity contribution in [1.82, 2.24) is 4.98 Å². The molecule has 0 atom stereocenters. The fraction of sp³-hybridized carbons (Fsp3) is 0.111. The molecule has 0 amide bonds. The quantitative estimate of drug-likeness (QED) is 0.454. The van der Waals surface area contributed by atoms with E-state index in [0.29, 0.717) is 5.52 Å². The first kappa shape index (κ1) is 10.6. The van der Waals surface area contributed by atoms with Crippen LogP contribution in [0, 0.1) is 10.1 Å². The standard InChI is InChI=1S/C9H5ClN2O4/c10-4-8-11-7-2-1-5(12(14)15)3-6(7)9(13)16-8/h1-3H,4H2. The van der Waals surface area contributed by atoms with E-state index in [0.717, 1.165) is 6.07 Å². The molecular formula is C9H5ClN2O4. The Bertz CT molecular complexity index is 622. The lowest BCUT2D eigenvalue weighted by Gasteiger charge is -1.97. The molecule has 0 spiro atoms. The zero-order chi connectivity index (χ0) is 11.7. The van der Waals surface area contributed by atoms with Crippen LogP contribution in [0.3, 0.4) is 0 Å². The third kappa shape index (κ3) is 1.74. The van der Waals surface area contributed by atoms with Gasteiger partial charge in [0.1, 0.15) is 0 Å². The van der Waals surface area contributed by atoms with Crippen molar-refractivity contribution in [2.24, 2.45) is 0 Å². The number of fused-ring (bicyclic) bond motifs is 1. The normalized spacial score (nSPS) is 10.6. The van der Waals surface area contributed by atoms with Gasteiger partial charge in [-0.15, -0.1) is 11.6 Å². The molecule has 0 aliphatic rings. The van der Waals surface area contributed by atoms with Crippen molar-refractivity contribution in [3.05, 3.63) is 44.6 Å². The third-order valence-corrected chi connectivity index (χ3v) is 2.21. The molecule has 0 aliphatic heterocycles. The molecule has 7 heteroatoms. The Morgan fingerprint density at radius 1 is 1.50 bits per heavy atom. The van der Waals surface area contributed by atoms with Crippen LogP contribution in [0.25, 0.3) is 10.9 Å². The molecule has 2 rings (SSSR count). The van der Waals surface area contributed by atoms with Crippen LogP contribution in [0.4, 0.5) is 5.69 Å². The number of halogens is 1. The van der Waals surface area contributed by atoms with Crippen LogP contribution in [0.5, 0.6) is 0 Å². The highest BCUT2D eigenvalue weighted by molar-refractivity contribution is 6.16. The first-order valence-corrected chi connectivity index (χ1v) is 4.79. The average molecular weight is 241 g/mol. The molecule has 0 bridgehead atoms. The van der Waals surface area contributed by atoms with E-state index in [1.165, 1.54) is 12.1 Å². The number of nitro groups is 1. The monoisotopic (exact) mass is 240 g/mol. The Morgan fingerprint density at radius 2 is 2.25 bits per heavy atom. The highest BCUT2D eigenvalue weighted by Gasteiger charge is 2.11. The summed E-state index contributed by atoms with van der Waals surface area (Å²) in [7, 11) is 0. The molecule has 6 nitrogen and oxygen atoms in total. The van der Waals surface area contributed by atoms with Gasteiger partial charge in [-0.25, -0.2) is 9.78 Å². The van der Waals surface area contributed by atoms with Crippen molar-refractivity contribution in [1.29, 1.82) is 0 Å². The SMILES string of the molecule is O=c1oc(CCl)nc2ccc([N+](=O)[O-])cc12. The molecule has 1 aromatic heterocycles. The predicted molar refractivity (Wildman–Crippen MR) is 56.5 cm³/mol. The Kier molecular flexibility index (Phi) is 2.57. The third-order valence-electron chi connectivity index (χ3n) is 1.98. The second kappa shape index (κ2) is 3.90. The first-order chi connectivity index (χ1) is 7.61. The van der Waals surface area contributed by atoms with Crippen LogP contribution >= 0.6 is 11.6 Å². The fourth-order valence-corrected chi connectivity index (χ4v) is 1.39. The molecule has 1 heterocycles. The van der Waals surface area contributed by atoms with Gasteiger partial charge >= 0.3 is 5.63 Å². The fourth-order valence-electron chi connectivity index (χ4n) is 1.27. The summed E-state index contributed by atoms with van der Waals surface area (Å²) in [4.78, 5) is 25.3. The van der Waals surface area contributed by atoms with Crippen LogP contribution < -0.4 is 5.63 Å². The molecule has 16 heavy (non-hydrogen) atoms. The predicted octanol–water partition coefficient (Wildman–Crippen LogP) is 1.83. The van der Waals surface area contributed by atoms with Gasteiger partial charge in [0.15, 0.2) is 0 Å². The summed E-state index contributed by atoms with van der Waals surface area (Å²) in [6.45, 7) is 0. The molecule has 0 radical (unpaired) electrons. The van der Waals surface area contributed by atoms with Crippen LogP contribution in [0.15, 0.2) is 27.4 Å². The minimum Gasteiger partial charge on any atom is -0.407 e. The maximum absolute atomic E-state index is 11.4. The van der Waals surface area contributed by atoms with Crippen molar-refractivity contribution >= 4 is 28.2 Å². The number of hydrogen-bond acceptors (Lipinski definition) is 5. The van der Waals surface area contributed by atoms with Crippen molar-refractivity contribution < 1.29 is 9.34 Å². The number of benzene rings is 1. The van der Waals surface area contributed by atoms with E-state index in [-0.39, 0.29) is 22.8 Å². The molecule has 1 aromatic carbocycles. The van der Waals surface area contributed by atoms with Gasteiger partial charge in [-0.3, -0.25) is 10.1 Å². The second-order valence-electron chi connectivity index (χ2n) is 2.99. The number of nitro benzene ring substituents is 1. The van der Waals surface area contributed by atoms with Gasteiger partial charge in [-0.2, -0.15) is 0 Å². The van der Waals surface area contributed by atoms with Crippen molar-refractivity contribution in [3.63, 3.8) is 0 Å². The van der Waals surface area contributed by atoms with Gasteiger partial charge in [-0.05, 0) is 6.07 Å². The summed E-state index contributed by atoms with van der Waals surface area (Å²) in [5.74, 6) is 0.0651. The second-order valence-corrected chi connectivity index (χ2v) is 3.25. The minimum absolute atomic E-state index is 0.0256. The zero-order valence-corrected chi connectivity index (χ0v) is 8.60. The van der Waals surface area contributed by atoms with E-state index >= 15 is 0 Å². The van der Waals surface area contributed by atoms with Crippen LogP contribution in [-0.2, 0) is 5.88 Å². The van der Waals surface area contributed by atoms with E-state index in [4.69, 9.17) is 16.0 Å². The summed E-state index contributed by atoms with van der Waals surface area (Å²) in [6.07, 6.45) is 0. The van der Waals surface area contributed by atoms with Gasteiger partial charge in [0.2, 0.25) is 5.89 Å². The Balaban J connectivity index is 2.75. The lowest BCUT2D eigenvalue weighted by Crippen LogP contribution is -2.04. The zero-order valence-electron chi connectivity index (χ0n) is 7.84. The largest absolute Gasteiger partial charge is 0.407 e. The number of hydrogen-bond donors (Lipinski definition) is 0. The molecule has 82 valence electrons. The number of aromatic nitrogens is 1. The molecule has 0 unspecified atom stereocenters. The van der Waals surface area contributed by atoms with Gasteiger partial charge < -0.3 is 4.42 Å². The van der Waals surface area contributed by atoms with Crippen LogP contribution in [0.2, 0.25) is 0 Å². The van der Waals surface area contributed by atoms with Crippen LogP contribution in [0.1, 0.15) is 5.89 Å². The molecular weight excluding hydrogens is 236 g/mol. The number of alkyl halides is 1. The Hall–Kier alpha value is -1.95. The van der Waals surface area contributed by atoms with E-state index in [2.05, 4.69) is 4.98 Å². The van der Waals surface area contributed by atoms with E-state index in [1.54, 1.807) is 0 Å². The van der Waals surface area contributed by atoms with Gasteiger partial charge in [0.25, 0.3) is 5.69 Å². The molecule has 0 N–H and O–H groups in total. The van der Waals surface area contributed by atoms with Gasteiger partial charge in [0.05, 0.1) is 21.7 Å².